The lowest BCUT2D eigenvalue weighted by molar-refractivity contribution is -0.128. The van der Waals surface area contributed by atoms with Crippen molar-refractivity contribution in [2.45, 2.75) is 6.10 Å². The van der Waals surface area contributed by atoms with Crippen molar-refractivity contribution in [1.29, 1.82) is 0 Å². The van der Waals surface area contributed by atoms with Crippen LogP contribution in [0.4, 0.5) is 0 Å². The number of hydrogen-bond acceptors (Lipinski definition) is 3. The molecule has 1 amide bonds. The normalized spacial score (nSPS) is 11.8. The predicted molar refractivity (Wildman–Crippen MR) is 81.3 cm³/mol. The van der Waals surface area contributed by atoms with Gasteiger partial charge in [0.15, 0.2) is 0 Å². The zero-order valence-corrected chi connectivity index (χ0v) is 12.7. The maximum absolute atomic E-state index is 11.9. The van der Waals surface area contributed by atoms with Crippen molar-refractivity contribution in [2.24, 2.45) is 5.84 Å². The Morgan fingerprint density at radius 1 is 1.25 bits per heavy atom. The van der Waals surface area contributed by atoms with Crippen LogP contribution in [0.2, 0.25) is 5.02 Å². The molecular weight excluding hydrogens is 344 g/mol. The Bertz CT molecular complexity index is 607. The van der Waals surface area contributed by atoms with Crippen LogP contribution in [0.3, 0.4) is 0 Å². The van der Waals surface area contributed by atoms with Crippen LogP contribution in [0.25, 0.3) is 0 Å². The molecule has 0 fully saturated rings. The van der Waals surface area contributed by atoms with Gasteiger partial charge in [0, 0.05) is 10.0 Å². The van der Waals surface area contributed by atoms with Crippen molar-refractivity contribution in [1.82, 2.24) is 5.43 Å². The molecule has 0 aliphatic carbocycles. The zero-order valence-electron chi connectivity index (χ0n) is 10.3. The van der Waals surface area contributed by atoms with Gasteiger partial charge in [-0.3, -0.25) is 10.2 Å². The Morgan fingerprint density at radius 2 is 1.95 bits per heavy atom. The quantitative estimate of drug-likeness (QED) is 0.503. The Kier molecular flexibility index (Phi) is 5.00. The average molecular weight is 356 g/mol. The first-order chi connectivity index (χ1) is 9.61. The summed E-state index contributed by atoms with van der Waals surface area (Å²) in [5, 5.41) is 0.408. The number of halogens is 2. The maximum Gasteiger partial charge on any atom is 0.279 e. The Morgan fingerprint density at radius 3 is 2.55 bits per heavy atom. The third-order valence-corrected chi connectivity index (χ3v) is 3.41. The minimum Gasteiger partial charge on any atom is -0.474 e. The minimum atomic E-state index is -0.861. The molecule has 3 N–H and O–H groups in total. The number of carbonyl (C=O) groups excluding carboxylic acids is 1. The molecule has 1 unspecified atom stereocenters. The lowest BCUT2D eigenvalue weighted by Crippen LogP contribution is -2.37. The summed E-state index contributed by atoms with van der Waals surface area (Å²) < 4.78 is 6.52. The molecule has 2 aromatic carbocycles. The second-order valence-corrected chi connectivity index (χ2v) is 5.31. The topological polar surface area (TPSA) is 64.3 Å². The summed E-state index contributed by atoms with van der Waals surface area (Å²) in [7, 11) is 0. The second-order valence-electron chi connectivity index (χ2n) is 3.99. The van der Waals surface area contributed by atoms with E-state index in [-0.39, 0.29) is 0 Å². The Balaban J connectivity index is 2.31. The summed E-state index contributed by atoms with van der Waals surface area (Å²) in [4.78, 5) is 11.9. The van der Waals surface area contributed by atoms with Gasteiger partial charge >= 0.3 is 0 Å². The van der Waals surface area contributed by atoms with E-state index in [1.54, 1.807) is 30.3 Å². The minimum absolute atomic E-state index is 0.408. The summed E-state index contributed by atoms with van der Waals surface area (Å²) in [6.45, 7) is 0. The average Bonchev–Trinajstić information content (AvgIpc) is 2.46. The van der Waals surface area contributed by atoms with Crippen LogP contribution in [-0.4, -0.2) is 5.91 Å². The first-order valence-electron chi connectivity index (χ1n) is 5.79. The van der Waals surface area contributed by atoms with Crippen molar-refractivity contribution in [3.05, 3.63) is 63.6 Å². The van der Waals surface area contributed by atoms with Gasteiger partial charge in [-0.25, -0.2) is 5.84 Å². The summed E-state index contributed by atoms with van der Waals surface area (Å²) >= 11 is 9.40. The Labute approximate surface area is 130 Å². The van der Waals surface area contributed by atoms with Gasteiger partial charge in [-0.1, -0.05) is 57.9 Å². The van der Waals surface area contributed by atoms with Gasteiger partial charge in [-0.15, -0.1) is 0 Å². The largest absolute Gasteiger partial charge is 0.474 e. The molecule has 0 spiro atoms. The first kappa shape index (κ1) is 14.8. The lowest BCUT2D eigenvalue weighted by Gasteiger charge is -2.18. The molecule has 2 aromatic rings. The van der Waals surface area contributed by atoms with Gasteiger partial charge in [0.1, 0.15) is 5.75 Å². The molecule has 2 rings (SSSR count). The van der Waals surface area contributed by atoms with Crippen LogP contribution >= 0.6 is 27.5 Å². The summed E-state index contributed by atoms with van der Waals surface area (Å²) in [6.07, 6.45) is -0.861. The van der Waals surface area contributed by atoms with Crippen LogP contribution in [0.15, 0.2) is 53.0 Å². The molecule has 0 aliphatic heterocycles. The molecule has 1 atom stereocenters. The molecule has 0 heterocycles. The van der Waals surface area contributed by atoms with E-state index in [4.69, 9.17) is 22.2 Å². The summed E-state index contributed by atoms with van der Waals surface area (Å²) in [5.74, 6) is 5.17. The molecule has 4 nitrogen and oxygen atoms in total. The smallest absolute Gasteiger partial charge is 0.279 e. The van der Waals surface area contributed by atoms with E-state index in [0.29, 0.717) is 16.3 Å². The molecule has 104 valence electrons. The van der Waals surface area contributed by atoms with E-state index in [0.717, 1.165) is 4.47 Å². The standard InChI is InChI=1S/C14H12BrClN2O2/c15-10-6-7-12(11(16)8-10)20-13(14(19)18-17)9-4-2-1-3-5-9/h1-8,13H,17H2,(H,18,19). The number of nitrogens with two attached hydrogens (primary N) is 1. The lowest BCUT2D eigenvalue weighted by atomic mass is 10.1. The fraction of sp³-hybridized carbons (Fsp3) is 0.0714. The number of ether oxygens (including phenoxy) is 1. The highest BCUT2D eigenvalue weighted by atomic mass is 79.9. The van der Waals surface area contributed by atoms with Crippen LogP contribution in [0.1, 0.15) is 11.7 Å². The van der Waals surface area contributed by atoms with Gasteiger partial charge in [0.05, 0.1) is 5.02 Å². The number of carbonyl (C=O) groups is 1. The SMILES string of the molecule is NNC(=O)C(Oc1ccc(Br)cc1Cl)c1ccccc1. The number of benzene rings is 2. The van der Waals surface area contributed by atoms with Gasteiger partial charge in [-0.05, 0) is 18.2 Å². The summed E-state index contributed by atoms with van der Waals surface area (Å²) in [5.41, 5.74) is 2.79. The van der Waals surface area contributed by atoms with Gasteiger partial charge in [0.2, 0.25) is 6.10 Å². The first-order valence-corrected chi connectivity index (χ1v) is 6.96. The van der Waals surface area contributed by atoms with E-state index in [2.05, 4.69) is 21.4 Å². The molecule has 6 heteroatoms. The fourth-order valence-corrected chi connectivity index (χ4v) is 2.39. The molecular formula is C14H12BrClN2O2. The van der Waals surface area contributed by atoms with Crippen LogP contribution < -0.4 is 16.0 Å². The molecule has 0 aliphatic rings. The molecule has 0 saturated carbocycles. The highest BCUT2D eigenvalue weighted by molar-refractivity contribution is 9.10. The number of rotatable bonds is 4. The molecule has 0 radical (unpaired) electrons. The number of nitrogens with one attached hydrogen (secondary N) is 1. The monoisotopic (exact) mass is 354 g/mol. The van der Waals surface area contributed by atoms with E-state index in [9.17, 15) is 4.79 Å². The molecule has 0 saturated heterocycles. The fourth-order valence-electron chi connectivity index (χ4n) is 1.67. The van der Waals surface area contributed by atoms with Crippen LogP contribution in [-0.2, 0) is 4.79 Å². The van der Waals surface area contributed by atoms with Gasteiger partial charge in [-0.2, -0.15) is 0 Å². The third-order valence-electron chi connectivity index (χ3n) is 2.62. The Hall–Kier alpha value is -1.56. The van der Waals surface area contributed by atoms with Crippen LogP contribution in [0.5, 0.6) is 5.75 Å². The van der Waals surface area contributed by atoms with E-state index < -0.39 is 12.0 Å². The molecule has 0 bridgehead atoms. The second kappa shape index (κ2) is 6.74. The van der Waals surface area contributed by atoms with Crippen molar-refractivity contribution >= 4 is 33.4 Å². The number of amides is 1. The zero-order chi connectivity index (χ0) is 14.5. The van der Waals surface area contributed by atoms with Crippen molar-refractivity contribution in [3.63, 3.8) is 0 Å². The third kappa shape index (κ3) is 3.50. The molecule has 20 heavy (non-hydrogen) atoms. The molecule has 0 aromatic heterocycles. The summed E-state index contributed by atoms with van der Waals surface area (Å²) in [6, 6.07) is 14.2. The highest BCUT2D eigenvalue weighted by Gasteiger charge is 2.22. The van der Waals surface area contributed by atoms with Gasteiger partial charge < -0.3 is 4.74 Å². The van der Waals surface area contributed by atoms with Crippen molar-refractivity contribution < 1.29 is 9.53 Å². The van der Waals surface area contributed by atoms with Crippen molar-refractivity contribution in [3.8, 4) is 5.75 Å². The highest BCUT2D eigenvalue weighted by Crippen LogP contribution is 2.31. The van der Waals surface area contributed by atoms with Gasteiger partial charge in [0.25, 0.3) is 5.91 Å². The maximum atomic E-state index is 11.9. The van der Waals surface area contributed by atoms with Crippen molar-refractivity contribution in [2.75, 3.05) is 0 Å². The predicted octanol–water partition coefficient (Wildman–Crippen LogP) is 3.21. The van der Waals surface area contributed by atoms with E-state index >= 15 is 0 Å². The van der Waals surface area contributed by atoms with E-state index in [1.807, 2.05) is 18.2 Å². The number of hydrogen-bond donors (Lipinski definition) is 2. The van der Waals surface area contributed by atoms with E-state index in [1.165, 1.54) is 0 Å². The van der Waals surface area contributed by atoms with Crippen LogP contribution in [0, 0.1) is 0 Å². The number of hydrazine groups is 1.